The van der Waals surface area contributed by atoms with Crippen LogP contribution in [0.3, 0.4) is 0 Å². The Balaban J connectivity index is 2.56. The van der Waals surface area contributed by atoms with E-state index in [1.807, 2.05) is 6.08 Å². The number of nitrogens with zero attached hydrogens (tertiary/aromatic N) is 1. The van der Waals surface area contributed by atoms with E-state index in [9.17, 15) is 18.5 Å². The Labute approximate surface area is 110 Å². The molecule has 0 unspecified atom stereocenters. The van der Waals surface area contributed by atoms with Crippen molar-refractivity contribution < 1.29 is 18.1 Å². The molecule has 19 heavy (non-hydrogen) atoms. The molecule has 0 amide bonds. The minimum Gasteiger partial charge on any atom is -0.376 e. The second-order valence-electron chi connectivity index (χ2n) is 4.28. The summed E-state index contributed by atoms with van der Waals surface area (Å²) in [6, 6.07) is 4.11. The summed E-state index contributed by atoms with van der Waals surface area (Å²) in [4.78, 5) is 9.91. The van der Waals surface area contributed by atoms with Gasteiger partial charge in [0.25, 0.3) is 5.69 Å². The molecule has 0 saturated heterocycles. The summed E-state index contributed by atoms with van der Waals surface area (Å²) in [5.41, 5.74) is 1.10. The van der Waals surface area contributed by atoms with Gasteiger partial charge in [-0.1, -0.05) is 6.08 Å². The third kappa shape index (κ3) is 2.99. The number of rotatable bonds is 3. The molecule has 1 aliphatic heterocycles. The van der Waals surface area contributed by atoms with Crippen molar-refractivity contribution in [3.8, 4) is 0 Å². The van der Waals surface area contributed by atoms with Crippen LogP contribution in [-0.2, 0) is 14.6 Å². The highest BCUT2D eigenvalue weighted by Gasteiger charge is 2.23. The van der Waals surface area contributed by atoms with Crippen molar-refractivity contribution in [1.82, 2.24) is 0 Å². The Hall–Kier alpha value is -1.73. The third-order valence-electron chi connectivity index (χ3n) is 2.84. The highest BCUT2D eigenvalue weighted by atomic mass is 32.2. The monoisotopic (exact) mass is 283 g/mol. The Kier molecular flexibility index (Phi) is 3.68. The van der Waals surface area contributed by atoms with Crippen LogP contribution in [0, 0.1) is 10.1 Å². The van der Waals surface area contributed by atoms with Crippen molar-refractivity contribution in [2.24, 2.45) is 0 Å². The van der Waals surface area contributed by atoms with Crippen LogP contribution >= 0.6 is 0 Å². The number of sulfone groups is 1. The molecule has 1 heterocycles. The van der Waals surface area contributed by atoms with Gasteiger partial charge in [0.05, 0.1) is 18.1 Å². The molecule has 2 rings (SSSR count). The van der Waals surface area contributed by atoms with Crippen LogP contribution in [-0.4, -0.2) is 32.8 Å². The standard InChI is InChI=1S/C12H13NO5S/c1-19(16,17)12-7-9(4-5-11(12)13(14)15)10-3-2-6-18-8-10/h3-5,7H,2,6,8H2,1H3. The van der Waals surface area contributed by atoms with E-state index in [0.29, 0.717) is 18.8 Å². The molecule has 0 atom stereocenters. The highest BCUT2D eigenvalue weighted by Crippen LogP contribution is 2.28. The molecule has 0 fully saturated rings. The summed E-state index contributed by atoms with van der Waals surface area (Å²) in [7, 11) is -3.65. The lowest BCUT2D eigenvalue weighted by molar-refractivity contribution is -0.387. The van der Waals surface area contributed by atoms with Gasteiger partial charge in [0.2, 0.25) is 0 Å². The molecule has 6 nitrogen and oxygen atoms in total. The summed E-state index contributed by atoms with van der Waals surface area (Å²) in [5.74, 6) is 0. The van der Waals surface area contributed by atoms with E-state index in [1.54, 1.807) is 6.07 Å². The maximum atomic E-state index is 11.6. The topological polar surface area (TPSA) is 86.5 Å². The van der Waals surface area contributed by atoms with Gasteiger partial charge in [0, 0.05) is 12.3 Å². The number of nitro benzene ring substituents is 1. The molecule has 0 aliphatic carbocycles. The van der Waals surface area contributed by atoms with Gasteiger partial charge in [-0.3, -0.25) is 10.1 Å². The smallest absolute Gasteiger partial charge is 0.288 e. The predicted octanol–water partition coefficient (Wildman–Crippen LogP) is 1.80. The molecule has 1 aliphatic rings. The number of nitro groups is 1. The molecule has 0 bridgehead atoms. The first-order chi connectivity index (χ1) is 8.89. The summed E-state index contributed by atoms with van der Waals surface area (Å²) in [6.07, 6.45) is 3.67. The average molecular weight is 283 g/mol. The predicted molar refractivity (Wildman–Crippen MR) is 69.6 cm³/mol. The van der Waals surface area contributed by atoms with E-state index in [0.717, 1.165) is 18.2 Å². The molecule has 1 aromatic carbocycles. The summed E-state index contributed by atoms with van der Waals surface area (Å²) in [6.45, 7) is 1.02. The fourth-order valence-corrected chi connectivity index (χ4v) is 2.78. The van der Waals surface area contributed by atoms with Crippen molar-refractivity contribution in [2.75, 3.05) is 19.5 Å². The van der Waals surface area contributed by atoms with E-state index in [-0.39, 0.29) is 4.90 Å². The maximum Gasteiger partial charge on any atom is 0.288 e. The van der Waals surface area contributed by atoms with E-state index >= 15 is 0 Å². The molecule has 0 N–H and O–H groups in total. The lowest BCUT2D eigenvalue weighted by atomic mass is 10.0. The van der Waals surface area contributed by atoms with Crippen molar-refractivity contribution in [2.45, 2.75) is 11.3 Å². The van der Waals surface area contributed by atoms with Crippen LogP contribution in [0.15, 0.2) is 29.2 Å². The average Bonchev–Trinajstić information content (AvgIpc) is 2.38. The second kappa shape index (κ2) is 5.10. The SMILES string of the molecule is CS(=O)(=O)c1cc(C2=CCCOC2)ccc1[N+](=O)[O-]. The molecule has 0 aromatic heterocycles. The molecular formula is C12H13NO5S. The zero-order valence-electron chi connectivity index (χ0n) is 10.3. The quantitative estimate of drug-likeness (QED) is 0.623. The number of ether oxygens (including phenoxy) is 1. The van der Waals surface area contributed by atoms with Crippen LogP contribution in [0.4, 0.5) is 5.69 Å². The first kappa shape index (κ1) is 13.7. The molecular weight excluding hydrogens is 270 g/mol. The largest absolute Gasteiger partial charge is 0.376 e. The van der Waals surface area contributed by atoms with Gasteiger partial charge in [0.15, 0.2) is 9.84 Å². The number of benzene rings is 1. The summed E-state index contributed by atoms with van der Waals surface area (Å²) < 4.78 is 28.6. The molecule has 0 saturated carbocycles. The van der Waals surface area contributed by atoms with Crippen molar-refractivity contribution in [3.05, 3.63) is 40.0 Å². The zero-order valence-corrected chi connectivity index (χ0v) is 11.1. The Morgan fingerprint density at radius 1 is 1.37 bits per heavy atom. The molecule has 0 radical (unpaired) electrons. The Morgan fingerprint density at radius 2 is 2.11 bits per heavy atom. The number of hydrogen-bond acceptors (Lipinski definition) is 5. The van der Waals surface area contributed by atoms with Crippen molar-refractivity contribution in [1.29, 1.82) is 0 Å². The fourth-order valence-electron chi connectivity index (χ4n) is 1.92. The molecule has 1 aromatic rings. The van der Waals surface area contributed by atoms with Crippen LogP contribution in [0.2, 0.25) is 0 Å². The van der Waals surface area contributed by atoms with Gasteiger partial charge < -0.3 is 4.74 Å². The first-order valence-electron chi connectivity index (χ1n) is 5.65. The fraction of sp³-hybridized carbons (Fsp3) is 0.333. The third-order valence-corrected chi connectivity index (χ3v) is 3.96. The van der Waals surface area contributed by atoms with Gasteiger partial charge >= 0.3 is 0 Å². The highest BCUT2D eigenvalue weighted by molar-refractivity contribution is 7.90. The van der Waals surface area contributed by atoms with Crippen LogP contribution in [0.5, 0.6) is 0 Å². The lowest BCUT2D eigenvalue weighted by Crippen LogP contribution is -2.07. The van der Waals surface area contributed by atoms with Gasteiger partial charge in [-0.25, -0.2) is 8.42 Å². The summed E-state index contributed by atoms with van der Waals surface area (Å²) in [5, 5.41) is 10.9. The van der Waals surface area contributed by atoms with Gasteiger partial charge in [0.1, 0.15) is 4.90 Å². The van der Waals surface area contributed by atoms with Gasteiger partial charge in [-0.2, -0.15) is 0 Å². The second-order valence-corrected chi connectivity index (χ2v) is 6.27. The van der Waals surface area contributed by atoms with Crippen LogP contribution < -0.4 is 0 Å². The first-order valence-corrected chi connectivity index (χ1v) is 7.54. The van der Waals surface area contributed by atoms with Crippen molar-refractivity contribution >= 4 is 21.1 Å². The Morgan fingerprint density at radius 3 is 2.63 bits per heavy atom. The van der Waals surface area contributed by atoms with Crippen LogP contribution in [0.1, 0.15) is 12.0 Å². The molecule has 7 heteroatoms. The minimum atomic E-state index is -3.65. The van der Waals surface area contributed by atoms with E-state index in [4.69, 9.17) is 4.74 Å². The van der Waals surface area contributed by atoms with Crippen molar-refractivity contribution in [3.63, 3.8) is 0 Å². The minimum absolute atomic E-state index is 0.263. The molecule has 102 valence electrons. The maximum absolute atomic E-state index is 11.6. The van der Waals surface area contributed by atoms with E-state index in [1.165, 1.54) is 12.1 Å². The van der Waals surface area contributed by atoms with E-state index in [2.05, 4.69) is 0 Å². The zero-order chi connectivity index (χ0) is 14.0. The van der Waals surface area contributed by atoms with E-state index < -0.39 is 20.4 Å². The number of hydrogen-bond donors (Lipinski definition) is 0. The van der Waals surface area contributed by atoms with Gasteiger partial charge in [-0.05, 0) is 29.7 Å². The normalized spacial score (nSPS) is 15.9. The summed E-state index contributed by atoms with van der Waals surface area (Å²) >= 11 is 0. The lowest BCUT2D eigenvalue weighted by Gasteiger charge is -2.14. The van der Waals surface area contributed by atoms with Crippen LogP contribution in [0.25, 0.3) is 5.57 Å². The Bertz CT molecular complexity index is 648. The molecule has 0 spiro atoms. The van der Waals surface area contributed by atoms with Gasteiger partial charge in [-0.15, -0.1) is 0 Å².